The highest BCUT2D eigenvalue weighted by Gasteiger charge is 2.30. The summed E-state index contributed by atoms with van der Waals surface area (Å²) in [6.45, 7) is 3.58. The largest absolute Gasteiger partial charge is 0.416 e. The number of nitrogen functional groups attached to an aromatic ring is 1. The van der Waals surface area contributed by atoms with Gasteiger partial charge in [0.1, 0.15) is 11.8 Å². The molecule has 0 aliphatic carbocycles. The van der Waals surface area contributed by atoms with Gasteiger partial charge in [0, 0.05) is 30.9 Å². The second-order valence-corrected chi connectivity index (χ2v) is 9.10. The predicted molar refractivity (Wildman–Crippen MR) is 138 cm³/mol. The number of aromatic nitrogens is 3. The maximum Gasteiger partial charge on any atom is 0.416 e. The lowest BCUT2D eigenvalue weighted by molar-refractivity contribution is -0.137. The van der Waals surface area contributed by atoms with E-state index < -0.39 is 17.8 Å². The molecule has 0 spiro atoms. The summed E-state index contributed by atoms with van der Waals surface area (Å²) in [6.07, 6.45) is -3.12. The third kappa shape index (κ3) is 5.52. The Morgan fingerprint density at radius 1 is 1.11 bits per heavy atom. The summed E-state index contributed by atoms with van der Waals surface area (Å²) in [6, 6.07) is 10.6. The molecule has 0 atom stereocenters. The Hall–Kier alpha value is -3.87. The van der Waals surface area contributed by atoms with Crippen molar-refractivity contribution in [3.05, 3.63) is 71.1 Å². The van der Waals surface area contributed by atoms with Crippen LogP contribution in [0.2, 0.25) is 5.02 Å². The van der Waals surface area contributed by atoms with E-state index in [1.54, 1.807) is 22.7 Å². The molecule has 0 unspecified atom stereocenters. The number of hydrogen-bond donors (Lipinski definition) is 3. The maximum atomic E-state index is 13.0. The summed E-state index contributed by atoms with van der Waals surface area (Å²) >= 11 is 6.48. The average Bonchev–Trinajstić information content (AvgIpc) is 3.25. The summed E-state index contributed by atoms with van der Waals surface area (Å²) in [5.74, 6) is 0.307. The van der Waals surface area contributed by atoms with Gasteiger partial charge in [0.25, 0.3) is 0 Å². The number of nitrogens with zero attached hydrogens (tertiary/aromatic N) is 4. The Bertz CT molecular complexity index is 1490. The maximum absolute atomic E-state index is 13.0. The fraction of sp³-hybridized carbons (Fsp3) is 0.240. The topological polar surface area (TPSA) is 110 Å². The molecule has 1 saturated heterocycles. The molecule has 4 aromatic rings. The fourth-order valence-electron chi connectivity index (χ4n) is 4.30. The minimum Gasteiger partial charge on any atom is -0.382 e. The first-order valence-corrected chi connectivity index (χ1v) is 12.0. The summed E-state index contributed by atoms with van der Waals surface area (Å²) in [7, 11) is 0. The molecule has 0 radical (unpaired) electrons. The van der Waals surface area contributed by atoms with Crippen molar-refractivity contribution in [2.45, 2.75) is 12.7 Å². The number of halogens is 4. The fourth-order valence-corrected chi connectivity index (χ4v) is 4.52. The van der Waals surface area contributed by atoms with Crippen LogP contribution >= 0.6 is 11.6 Å². The predicted octanol–water partition coefficient (Wildman–Crippen LogP) is 5.13. The van der Waals surface area contributed by atoms with Crippen LogP contribution in [0.5, 0.6) is 0 Å². The summed E-state index contributed by atoms with van der Waals surface area (Å²) in [5, 5.41) is 9.58. The van der Waals surface area contributed by atoms with Crippen LogP contribution in [0.3, 0.4) is 0 Å². The van der Waals surface area contributed by atoms with E-state index >= 15 is 0 Å². The van der Waals surface area contributed by atoms with Gasteiger partial charge in [-0.2, -0.15) is 18.3 Å². The molecular weight excluding hydrogens is 523 g/mol. The van der Waals surface area contributed by atoms with E-state index in [2.05, 4.69) is 25.6 Å². The van der Waals surface area contributed by atoms with Crippen LogP contribution in [0, 0.1) is 0 Å². The molecule has 0 saturated carbocycles. The SMILES string of the molecule is Nc1ncnn2c(CN3CCOCC3)cc(-c3ccc(NC(=O)Nc4cccc(C(F)(F)F)c4)c(Cl)c3)c12. The first kappa shape index (κ1) is 25.8. The van der Waals surface area contributed by atoms with Crippen LogP contribution in [0.4, 0.5) is 35.2 Å². The van der Waals surface area contributed by atoms with Gasteiger partial charge in [0.05, 0.1) is 35.2 Å². The van der Waals surface area contributed by atoms with Crippen molar-refractivity contribution in [1.29, 1.82) is 0 Å². The van der Waals surface area contributed by atoms with E-state index in [0.29, 0.717) is 31.1 Å². The van der Waals surface area contributed by atoms with Crippen molar-refractivity contribution in [1.82, 2.24) is 19.5 Å². The van der Waals surface area contributed by atoms with Gasteiger partial charge in [-0.3, -0.25) is 4.90 Å². The molecule has 5 rings (SSSR count). The first-order chi connectivity index (χ1) is 18.2. The number of urea groups is 1. The third-order valence-corrected chi connectivity index (χ3v) is 6.43. The lowest BCUT2D eigenvalue weighted by Crippen LogP contribution is -2.36. The number of ether oxygens (including phenoxy) is 1. The molecule has 2 amide bonds. The summed E-state index contributed by atoms with van der Waals surface area (Å²) < 4.78 is 46.1. The second-order valence-electron chi connectivity index (χ2n) is 8.70. The standard InChI is InChI=1S/C25H23ClF3N7O2/c26-20-10-15(4-5-21(20)34-24(37)33-17-3-1-2-16(11-17)25(27,28)29)19-12-18(13-35-6-8-38-9-7-35)36-22(19)23(30)31-14-32-36/h1-5,10-12,14H,6-9,13H2,(H2,30,31,32)(H2,33,34,37). The van der Waals surface area contributed by atoms with Gasteiger partial charge in [0.15, 0.2) is 5.82 Å². The zero-order valence-corrected chi connectivity index (χ0v) is 20.7. The Balaban J connectivity index is 1.37. The number of rotatable bonds is 5. The average molecular weight is 546 g/mol. The molecule has 38 heavy (non-hydrogen) atoms. The number of morpholine rings is 1. The number of amides is 2. The zero-order valence-electron chi connectivity index (χ0n) is 19.9. The van der Waals surface area contributed by atoms with Crippen LogP contribution in [-0.4, -0.2) is 51.8 Å². The second kappa shape index (κ2) is 10.5. The lowest BCUT2D eigenvalue weighted by Gasteiger charge is -2.26. The molecule has 198 valence electrons. The van der Waals surface area contributed by atoms with E-state index in [9.17, 15) is 18.0 Å². The smallest absolute Gasteiger partial charge is 0.382 e. The van der Waals surface area contributed by atoms with E-state index in [1.807, 2.05) is 6.07 Å². The monoisotopic (exact) mass is 545 g/mol. The Kier molecular flexibility index (Phi) is 7.11. The molecule has 9 nitrogen and oxygen atoms in total. The van der Waals surface area contributed by atoms with E-state index in [1.165, 1.54) is 18.5 Å². The molecular formula is C25H23ClF3N7O2. The van der Waals surface area contributed by atoms with Gasteiger partial charge in [-0.25, -0.2) is 14.3 Å². The lowest BCUT2D eigenvalue weighted by atomic mass is 10.1. The van der Waals surface area contributed by atoms with Crippen molar-refractivity contribution in [2.75, 3.05) is 42.7 Å². The van der Waals surface area contributed by atoms with Crippen LogP contribution in [0.25, 0.3) is 16.6 Å². The number of carbonyl (C=O) groups excluding carboxylic acids is 1. The molecule has 2 aromatic heterocycles. The number of alkyl halides is 3. The van der Waals surface area contributed by atoms with Crippen LogP contribution in [-0.2, 0) is 17.5 Å². The minimum absolute atomic E-state index is 0.00591. The van der Waals surface area contributed by atoms with Crippen LogP contribution < -0.4 is 16.4 Å². The highest BCUT2D eigenvalue weighted by Crippen LogP contribution is 2.35. The molecule has 2 aromatic carbocycles. The van der Waals surface area contributed by atoms with Crippen molar-refractivity contribution in [3.63, 3.8) is 0 Å². The number of anilines is 3. The number of nitrogens with two attached hydrogens (primary N) is 1. The number of nitrogens with one attached hydrogen (secondary N) is 2. The van der Waals surface area contributed by atoms with Crippen molar-refractivity contribution in [2.24, 2.45) is 0 Å². The highest BCUT2D eigenvalue weighted by atomic mass is 35.5. The zero-order chi connectivity index (χ0) is 26.9. The van der Waals surface area contributed by atoms with E-state index in [-0.39, 0.29) is 16.4 Å². The first-order valence-electron chi connectivity index (χ1n) is 11.7. The number of fused-ring (bicyclic) bond motifs is 1. The number of carbonyl (C=O) groups is 1. The van der Waals surface area contributed by atoms with Crippen LogP contribution in [0.1, 0.15) is 11.3 Å². The van der Waals surface area contributed by atoms with Gasteiger partial charge in [-0.05, 0) is 42.0 Å². The summed E-state index contributed by atoms with van der Waals surface area (Å²) in [4.78, 5) is 18.8. The van der Waals surface area contributed by atoms with Gasteiger partial charge in [0.2, 0.25) is 0 Å². The molecule has 4 N–H and O–H groups in total. The molecule has 1 aliphatic heterocycles. The molecule has 1 fully saturated rings. The molecule has 0 bridgehead atoms. The summed E-state index contributed by atoms with van der Waals surface area (Å²) in [5.41, 5.74) is 8.67. The van der Waals surface area contributed by atoms with Gasteiger partial charge in [-0.15, -0.1) is 0 Å². The van der Waals surface area contributed by atoms with Gasteiger partial charge >= 0.3 is 12.2 Å². The minimum atomic E-state index is -4.52. The van der Waals surface area contributed by atoms with Crippen molar-refractivity contribution < 1.29 is 22.7 Å². The van der Waals surface area contributed by atoms with Crippen molar-refractivity contribution in [3.8, 4) is 11.1 Å². The van der Waals surface area contributed by atoms with Crippen LogP contribution in [0.15, 0.2) is 54.9 Å². The molecule has 13 heteroatoms. The normalized spacial score (nSPS) is 14.5. The number of benzene rings is 2. The Morgan fingerprint density at radius 2 is 1.89 bits per heavy atom. The molecule has 1 aliphatic rings. The molecule has 3 heterocycles. The number of hydrogen-bond acceptors (Lipinski definition) is 6. The Morgan fingerprint density at radius 3 is 2.63 bits per heavy atom. The van der Waals surface area contributed by atoms with Gasteiger partial charge < -0.3 is 21.1 Å². The van der Waals surface area contributed by atoms with Crippen molar-refractivity contribution >= 4 is 40.3 Å². The highest BCUT2D eigenvalue weighted by molar-refractivity contribution is 6.34. The van der Waals surface area contributed by atoms with E-state index in [0.717, 1.165) is 42.0 Å². The van der Waals surface area contributed by atoms with Gasteiger partial charge in [-0.1, -0.05) is 23.7 Å². The third-order valence-electron chi connectivity index (χ3n) is 6.12. The Labute approximate surface area is 220 Å². The van der Waals surface area contributed by atoms with E-state index in [4.69, 9.17) is 22.1 Å². The quantitative estimate of drug-likeness (QED) is 0.321.